The summed E-state index contributed by atoms with van der Waals surface area (Å²) in [5, 5.41) is 30.5. The van der Waals surface area contributed by atoms with E-state index in [1.54, 1.807) is 36.4 Å². The van der Waals surface area contributed by atoms with Gasteiger partial charge in [-0.25, -0.2) is 0 Å². The second kappa shape index (κ2) is 9.74. The van der Waals surface area contributed by atoms with E-state index >= 15 is 0 Å². The molecule has 0 fully saturated rings. The Morgan fingerprint density at radius 1 is 0.548 bits per heavy atom. The molecule has 3 aromatic rings. The second-order valence-corrected chi connectivity index (χ2v) is 9.63. The fourth-order valence-electron chi connectivity index (χ4n) is 3.40. The van der Waals surface area contributed by atoms with E-state index in [-0.39, 0.29) is 59.2 Å². The van der Waals surface area contributed by atoms with E-state index in [1.165, 1.54) is 0 Å². The summed E-state index contributed by atoms with van der Waals surface area (Å²) in [6, 6.07) is 9.77. The lowest BCUT2D eigenvalue weighted by Gasteiger charge is -2.24. The number of hydrogen-bond acceptors (Lipinski definition) is 3. The molecule has 0 aliphatic carbocycles. The summed E-state index contributed by atoms with van der Waals surface area (Å²) in [7, 11) is 0. The van der Waals surface area contributed by atoms with Crippen LogP contribution in [0.15, 0.2) is 36.4 Å². The van der Waals surface area contributed by atoms with Crippen molar-refractivity contribution in [3.63, 3.8) is 0 Å². The monoisotopic (exact) mass is 538 g/mol. The van der Waals surface area contributed by atoms with E-state index in [0.29, 0.717) is 17.5 Å². The molecule has 0 spiro atoms. The third kappa shape index (κ3) is 5.24. The molecule has 3 nitrogen and oxygen atoms in total. The first-order valence-corrected chi connectivity index (χ1v) is 11.3. The molecule has 31 heavy (non-hydrogen) atoms. The van der Waals surface area contributed by atoms with Crippen molar-refractivity contribution in [1.82, 2.24) is 0 Å². The van der Waals surface area contributed by atoms with Gasteiger partial charge in [-0.1, -0.05) is 76.5 Å². The molecule has 0 aromatic heterocycles. The average molecular weight is 541 g/mol. The van der Waals surface area contributed by atoms with Crippen molar-refractivity contribution in [3.8, 4) is 17.2 Å². The number of benzene rings is 3. The van der Waals surface area contributed by atoms with Crippen molar-refractivity contribution in [1.29, 1.82) is 0 Å². The Hall–Kier alpha value is -1.20. The maximum absolute atomic E-state index is 9.96. The highest BCUT2D eigenvalue weighted by Crippen LogP contribution is 2.44. The highest BCUT2D eigenvalue weighted by atomic mass is 35.5. The van der Waals surface area contributed by atoms with Crippen LogP contribution in [0, 0.1) is 0 Å². The zero-order valence-electron chi connectivity index (χ0n) is 15.9. The maximum Gasteiger partial charge on any atom is 0.152 e. The number of aromatic hydroxyl groups is 3. The molecule has 3 aromatic carbocycles. The van der Waals surface area contributed by atoms with Gasteiger partial charge in [-0.3, -0.25) is 0 Å². The molecular formula is C22H16Cl6O3. The van der Waals surface area contributed by atoms with E-state index < -0.39 is 0 Å². The van der Waals surface area contributed by atoms with E-state index in [1.807, 2.05) is 6.92 Å². The zero-order chi connectivity index (χ0) is 23.0. The minimum atomic E-state index is -0.312. The van der Waals surface area contributed by atoms with Gasteiger partial charge in [-0.2, -0.15) is 0 Å². The second-order valence-electron chi connectivity index (χ2n) is 7.19. The SMILES string of the molecule is CC(CC(c1cc(Cl)c(O)c(Cl)c1)c1cc(Cl)c(O)c(Cl)c1)c1cc(Cl)c(O)c(Cl)c1. The van der Waals surface area contributed by atoms with Crippen LogP contribution in [-0.4, -0.2) is 15.3 Å². The molecule has 9 heteroatoms. The molecule has 3 N–H and O–H groups in total. The molecule has 0 radical (unpaired) electrons. The Balaban J connectivity index is 2.10. The molecule has 164 valence electrons. The molecule has 0 bridgehead atoms. The Morgan fingerprint density at radius 3 is 1.10 bits per heavy atom. The molecule has 1 atom stereocenters. The lowest BCUT2D eigenvalue weighted by Crippen LogP contribution is -2.07. The molecule has 0 saturated heterocycles. The Morgan fingerprint density at radius 2 is 0.806 bits per heavy atom. The number of phenolic OH excluding ortho intramolecular Hbond substituents is 3. The summed E-state index contributed by atoms with van der Waals surface area (Å²) in [4.78, 5) is 0. The smallest absolute Gasteiger partial charge is 0.152 e. The summed E-state index contributed by atoms with van der Waals surface area (Å²) in [6.07, 6.45) is 0.520. The van der Waals surface area contributed by atoms with Crippen LogP contribution in [0.1, 0.15) is 41.9 Å². The van der Waals surface area contributed by atoms with Crippen molar-refractivity contribution in [2.24, 2.45) is 0 Å². The van der Waals surface area contributed by atoms with Gasteiger partial charge in [0.1, 0.15) is 0 Å². The Kier molecular flexibility index (Phi) is 7.68. The predicted molar refractivity (Wildman–Crippen MR) is 129 cm³/mol. The van der Waals surface area contributed by atoms with Gasteiger partial charge in [0.25, 0.3) is 0 Å². The van der Waals surface area contributed by atoms with Crippen LogP contribution in [-0.2, 0) is 0 Å². The van der Waals surface area contributed by atoms with Crippen molar-refractivity contribution >= 4 is 69.6 Å². The minimum absolute atomic E-state index is 0.0849. The van der Waals surface area contributed by atoms with E-state index in [2.05, 4.69) is 0 Å². The first-order chi connectivity index (χ1) is 14.5. The van der Waals surface area contributed by atoms with Gasteiger partial charge >= 0.3 is 0 Å². The van der Waals surface area contributed by atoms with Gasteiger partial charge in [0.05, 0.1) is 30.1 Å². The molecular weight excluding hydrogens is 525 g/mol. The summed E-state index contributed by atoms with van der Waals surface area (Å²) in [6.45, 7) is 1.97. The molecule has 3 rings (SSSR count). The third-order valence-electron chi connectivity index (χ3n) is 5.08. The molecule has 0 aliphatic heterocycles. The van der Waals surface area contributed by atoms with Crippen LogP contribution in [0.5, 0.6) is 17.2 Å². The van der Waals surface area contributed by atoms with Crippen LogP contribution in [0.25, 0.3) is 0 Å². The number of rotatable bonds is 5. The first kappa shape index (κ1) is 24.4. The lowest BCUT2D eigenvalue weighted by atomic mass is 9.82. The highest BCUT2D eigenvalue weighted by Gasteiger charge is 2.24. The molecule has 0 heterocycles. The average Bonchev–Trinajstić information content (AvgIpc) is 2.71. The molecule has 1 unspecified atom stereocenters. The van der Waals surface area contributed by atoms with E-state index in [9.17, 15) is 15.3 Å². The predicted octanol–water partition coefficient (Wildman–Crippen LogP) is 9.05. The van der Waals surface area contributed by atoms with Crippen LogP contribution >= 0.6 is 69.6 Å². The summed E-state index contributed by atoms with van der Waals surface area (Å²) in [5.74, 6) is -0.994. The third-order valence-corrected chi connectivity index (χ3v) is 6.81. The van der Waals surface area contributed by atoms with Crippen LogP contribution in [0.2, 0.25) is 30.1 Å². The van der Waals surface area contributed by atoms with Crippen LogP contribution < -0.4 is 0 Å². The van der Waals surface area contributed by atoms with Crippen molar-refractivity contribution in [2.75, 3.05) is 0 Å². The Labute approximate surface area is 209 Å². The van der Waals surface area contributed by atoms with Gasteiger partial charge in [0.15, 0.2) is 17.2 Å². The zero-order valence-corrected chi connectivity index (χ0v) is 20.5. The van der Waals surface area contributed by atoms with Gasteiger partial charge in [-0.15, -0.1) is 0 Å². The maximum atomic E-state index is 9.96. The summed E-state index contributed by atoms with van der Waals surface area (Å²) >= 11 is 36.8. The highest BCUT2D eigenvalue weighted by molar-refractivity contribution is 6.38. The normalized spacial score (nSPS) is 12.4. The van der Waals surface area contributed by atoms with Crippen LogP contribution in [0.4, 0.5) is 0 Å². The standard InChI is InChI=1S/C22H16Cl6O3/c1-9(10-3-14(23)20(29)15(24)4-10)2-13(11-5-16(25)21(30)17(26)6-11)12-7-18(27)22(31)19(28)8-12/h3-9,13,29-31H,2H2,1H3. The molecule has 0 aliphatic rings. The quantitative estimate of drug-likeness (QED) is 0.302. The Bertz CT molecular complexity index is 1020. The van der Waals surface area contributed by atoms with Gasteiger partial charge < -0.3 is 15.3 Å². The summed E-state index contributed by atoms with van der Waals surface area (Å²) in [5.41, 5.74) is 2.24. The molecule has 0 saturated carbocycles. The van der Waals surface area contributed by atoms with E-state index in [0.717, 1.165) is 5.56 Å². The van der Waals surface area contributed by atoms with E-state index in [4.69, 9.17) is 69.6 Å². The topological polar surface area (TPSA) is 60.7 Å². The molecule has 0 amide bonds. The number of hydrogen-bond donors (Lipinski definition) is 3. The lowest BCUT2D eigenvalue weighted by molar-refractivity contribution is 0.475. The first-order valence-electron chi connectivity index (χ1n) is 9.03. The van der Waals surface area contributed by atoms with Crippen molar-refractivity contribution < 1.29 is 15.3 Å². The number of phenols is 3. The fraction of sp³-hybridized carbons (Fsp3) is 0.182. The number of halogens is 6. The largest absolute Gasteiger partial charge is 0.505 e. The van der Waals surface area contributed by atoms with Gasteiger partial charge in [-0.05, 0) is 65.4 Å². The summed E-state index contributed by atoms with van der Waals surface area (Å²) < 4.78 is 0. The van der Waals surface area contributed by atoms with Gasteiger partial charge in [0.2, 0.25) is 0 Å². The van der Waals surface area contributed by atoms with Gasteiger partial charge in [0, 0.05) is 5.92 Å². The van der Waals surface area contributed by atoms with Crippen molar-refractivity contribution in [3.05, 3.63) is 83.2 Å². The van der Waals surface area contributed by atoms with Crippen LogP contribution in [0.3, 0.4) is 0 Å². The van der Waals surface area contributed by atoms with Crippen molar-refractivity contribution in [2.45, 2.75) is 25.2 Å². The fourth-order valence-corrected chi connectivity index (χ4v) is 4.91. The minimum Gasteiger partial charge on any atom is -0.505 e.